The highest BCUT2D eigenvalue weighted by Gasteiger charge is 2.32. The third-order valence-electron chi connectivity index (χ3n) is 5.82. The molecule has 2 amide bonds. The van der Waals surface area contributed by atoms with E-state index < -0.39 is 0 Å². The molecule has 1 N–H and O–H groups in total. The Hall–Kier alpha value is -2.55. The van der Waals surface area contributed by atoms with E-state index in [2.05, 4.69) is 25.0 Å². The molecule has 3 aliphatic rings. The molecule has 0 spiro atoms. The number of benzene rings is 1. The lowest BCUT2D eigenvalue weighted by molar-refractivity contribution is -0.117. The van der Waals surface area contributed by atoms with Crippen molar-refractivity contribution >= 4 is 40.9 Å². The third kappa shape index (κ3) is 4.03. The molecule has 1 saturated carbocycles. The minimum Gasteiger partial charge on any atom is -0.341 e. The maximum Gasteiger partial charge on any atom is 0.234 e. The van der Waals surface area contributed by atoms with Crippen molar-refractivity contribution in [2.45, 2.75) is 49.7 Å². The summed E-state index contributed by atoms with van der Waals surface area (Å²) in [4.78, 5) is 28.4. The molecule has 5 rings (SSSR count). The van der Waals surface area contributed by atoms with Gasteiger partial charge < -0.3 is 15.1 Å². The number of amides is 2. The molecule has 30 heavy (non-hydrogen) atoms. The van der Waals surface area contributed by atoms with Gasteiger partial charge >= 0.3 is 0 Å². The molecule has 0 radical (unpaired) electrons. The molecule has 8 nitrogen and oxygen atoms in total. The van der Waals surface area contributed by atoms with Crippen molar-refractivity contribution in [3.63, 3.8) is 0 Å². The van der Waals surface area contributed by atoms with Gasteiger partial charge in [0, 0.05) is 43.5 Å². The highest BCUT2D eigenvalue weighted by Crippen LogP contribution is 2.41. The zero-order chi connectivity index (χ0) is 20.5. The van der Waals surface area contributed by atoms with Crippen LogP contribution in [0.15, 0.2) is 29.4 Å². The van der Waals surface area contributed by atoms with Crippen LogP contribution in [0.5, 0.6) is 0 Å². The predicted molar refractivity (Wildman–Crippen MR) is 117 cm³/mol. The van der Waals surface area contributed by atoms with Gasteiger partial charge in [0.05, 0.1) is 5.75 Å². The molecule has 2 aromatic rings. The molecule has 1 aliphatic carbocycles. The van der Waals surface area contributed by atoms with E-state index in [-0.39, 0.29) is 17.6 Å². The van der Waals surface area contributed by atoms with Crippen molar-refractivity contribution in [1.29, 1.82) is 0 Å². The third-order valence-corrected chi connectivity index (χ3v) is 6.76. The summed E-state index contributed by atoms with van der Waals surface area (Å²) in [6.07, 6.45) is 6.23. The molecule has 1 aromatic heterocycles. The Balaban J connectivity index is 1.19. The summed E-state index contributed by atoms with van der Waals surface area (Å²) in [5, 5.41) is 12.6. The number of anilines is 3. The maximum atomic E-state index is 12.5. The number of aromatic nitrogens is 3. The fourth-order valence-corrected chi connectivity index (χ4v) is 4.93. The summed E-state index contributed by atoms with van der Waals surface area (Å²) < 4.78 is 2.23. The number of rotatable bonds is 7. The highest BCUT2D eigenvalue weighted by molar-refractivity contribution is 7.99. The topological polar surface area (TPSA) is 83.4 Å². The Kier molecular flexibility index (Phi) is 5.37. The SMILES string of the molecule is O=C(CSc1nnc(N2CCCC2)n1C1CC1)Nc1ccc(N2CCCC2=O)cc1. The lowest BCUT2D eigenvalue weighted by Gasteiger charge is -2.18. The summed E-state index contributed by atoms with van der Waals surface area (Å²) >= 11 is 1.44. The standard InChI is InChI=1S/C21H26N6O2S/c28-18(22-15-5-7-16(8-6-15)26-13-3-4-19(26)29)14-30-21-24-23-20(25-11-1-2-12-25)27(21)17-9-10-17/h5-8,17H,1-4,9-14H2,(H,22,28). The summed E-state index contributed by atoms with van der Waals surface area (Å²) in [7, 11) is 0. The summed E-state index contributed by atoms with van der Waals surface area (Å²) in [5.41, 5.74) is 1.62. The maximum absolute atomic E-state index is 12.5. The Morgan fingerprint density at radius 3 is 2.50 bits per heavy atom. The second-order valence-corrected chi connectivity index (χ2v) is 9.05. The molecule has 3 heterocycles. The Bertz CT molecular complexity index is 933. The lowest BCUT2D eigenvalue weighted by atomic mass is 10.2. The van der Waals surface area contributed by atoms with Gasteiger partial charge in [-0.3, -0.25) is 14.2 Å². The molecule has 0 unspecified atom stereocenters. The first kappa shape index (κ1) is 19.4. The van der Waals surface area contributed by atoms with Crippen LogP contribution in [0.4, 0.5) is 17.3 Å². The first-order chi connectivity index (χ1) is 14.7. The molecular formula is C21H26N6O2S. The van der Waals surface area contributed by atoms with E-state index in [9.17, 15) is 9.59 Å². The quantitative estimate of drug-likeness (QED) is 0.685. The monoisotopic (exact) mass is 426 g/mol. The van der Waals surface area contributed by atoms with E-state index >= 15 is 0 Å². The van der Waals surface area contributed by atoms with Gasteiger partial charge in [0.1, 0.15) is 0 Å². The van der Waals surface area contributed by atoms with E-state index in [1.807, 2.05) is 24.3 Å². The minimum atomic E-state index is -0.0712. The second kappa shape index (κ2) is 8.29. The van der Waals surface area contributed by atoms with Crippen molar-refractivity contribution in [1.82, 2.24) is 14.8 Å². The summed E-state index contributed by atoms with van der Waals surface area (Å²) in [6.45, 7) is 2.84. The number of nitrogens with one attached hydrogen (secondary N) is 1. The zero-order valence-corrected chi connectivity index (χ0v) is 17.7. The largest absolute Gasteiger partial charge is 0.341 e. The number of carbonyl (C=O) groups excluding carboxylic acids is 2. The van der Waals surface area contributed by atoms with Crippen molar-refractivity contribution in [3.05, 3.63) is 24.3 Å². The van der Waals surface area contributed by atoms with E-state index in [1.165, 1.54) is 24.6 Å². The fourth-order valence-electron chi connectivity index (χ4n) is 4.13. The lowest BCUT2D eigenvalue weighted by Crippen LogP contribution is -2.23. The van der Waals surface area contributed by atoms with Crippen LogP contribution < -0.4 is 15.1 Å². The number of thioether (sulfide) groups is 1. The second-order valence-electron chi connectivity index (χ2n) is 8.11. The molecule has 2 aliphatic heterocycles. The van der Waals surface area contributed by atoms with Crippen LogP contribution >= 0.6 is 11.8 Å². The van der Waals surface area contributed by atoms with Crippen LogP contribution in [0.2, 0.25) is 0 Å². The van der Waals surface area contributed by atoms with E-state index in [4.69, 9.17) is 0 Å². The van der Waals surface area contributed by atoms with Crippen LogP contribution in [0.25, 0.3) is 0 Å². The smallest absolute Gasteiger partial charge is 0.234 e. The summed E-state index contributed by atoms with van der Waals surface area (Å²) in [6, 6.07) is 7.95. The van der Waals surface area contributed by atoms with Crippen molar-refractivity contribution in [2.24, 2.45) is 0 Å². The minimum absolute atomic E-state index is 0.0712. The molecular weight excluding hydrogens is 400 g/mol. The van der Waals surface area contributed by atoms with E-state index in [0.29, 0.717) is 12.5 Å². The molecule has 2 saturated heterocycles. The number of nitrogens with zero attached hydrogens (tertiary/aromatic N) is 5. The Labute approximate surface area is 180 Å². The summed E-state index contributed by atoms with van der Waals surface area (Å²) in [5.74, 6) is 1.34. The van der Waals surface area contributed by atoms with Crippen LogP contribution in [-0.4, -0.2) is 52.0 Å². The average Bonchev–Trinajstić information content (AvgIpc) is 3.13. The Morgan fingerprint density at radius 1 is 1.07 bits per heavy atom. The van der Waals surface area contributed by atoms with Gasteiger partial charge in [-0.1, -0.05) is 11.8 Å². The van der Waals surface area contributed by atoms with Crippen molar-refractivity contribution in [3.8, 4) is 0 Å². The highest BCUT2D eigenvalue weighted by atomic mass is 32.2. The van der Waals surface area contributed by atoms with Gasteiger partial charge in [-0.05, 0) is 56.4 Å². The molecule has 3 fully saturated rings. The Morgan fingerprint density at radius 2 is 1.83 bits per heavy atom. The van der Waals surface area contributed by atoms with E-state index in [0.717, 1.165) is 61.4 Å². The molecule has 0 atom stereocenters. The van der Waals surface area contributed by atoms with Crippen molar-refractivity contribution in [2.75, 3.05) is 40.5 Å². The van der Waals surface area contributed by atoms with Gasteiger partial charge in [0.15, 0.2) is 5.16 Å². The number of carbonyl (C=O) groups is 2. The number of hydrogen-bond acceptors (Lipinski definition) is 6. The van der Waals surface area contributed by atoms with Crippen LogP contribution in [0.1, 0.15) is 44.6 Å². The van der Waals surface area contributed by atoms with Gasteiger partial charge in [-0.15, -0.1) is 10.2 Å². The first-order valence-corrected chi connectivity index (χ1v) is 11.7. The van der Waals surface area contributed by atoms with Crippen LogP contribution in [0, 0.1) is 0 Å². The van der Waals surface area contributed by atoms with E-state index in [1.54, 1.807) is 4.90 Å². The van der Waals surface area contributed by atoms with Crippen LogP contribution in [-0.2, 0) is 9.59 Å². The zero-order valence-electron chi connectivity index (χ0n) is 16.9. The molecule has 9 heteroatoms. The normalized spacial score (nSPS) is 19.0. The van der Waals surface area contributed by atoms with Gasteiger partial charge in [0.2, 0.25) is 17.8 Å². The van der Waals surface area contributed by atoms with Gasteiger partial charge in [-0.2, -0.15) is 0 Å². The predicted octanol–water partition coefficient (Wildman–Crippen LogP) is 3.07. The van der Waals surface area contributed by atoms with Crippen LogP contribution in [0.3, 0.4) is 0 Å². The van der Waals surface area contributed by atoms with Crippen molar-refractivity contribution < 1.29 is 9.59 Å². The van der Waals surface area contributed by atoms with Gasteiger partial charge in [0.25, 0.3) is 0 Å². The van der Waals surface area contributed by atoms with Gasteiger partial charge in [-0.25, -0.2) is 0 Å². The molecule has 0 bridgehead atoms. The average molecular weight is 427 g/mol. The fraction of sp³-hybridized carbons (Fsp3) is 0.524. The first-order valence-electron chi connectivity index (χ1n) is 10.7. The molecule has 158 valence electrons. The number of hydrogen-bond donors (Lipinski definition) is 1. The molecule has 1 aromatic carbocycles.